The van der Waals surface area contributed by atoms with Gasteiger partial charge in [0.25, 0.3) is 0 Å². The number of carbonyl (C=O) groups excluding carboxylic acids is 1. The molecule has 0 saturated carbocycles. The Balaban J connectivity index is 0.00000338. The molecular weight excluding hydrogens is 441 g/mol. The third-order valence-electron chi connectivity index (χ3n) is 3.70. The molecule has 0 radical (unpaired) electrons. The van der Waals surface area contributed by atoms with E-state index in [-0.39, 0.29) is 29.9 Å². The molecule has 2 aromatic rings. The number of halogens is 1. The van der Waals surface area contributed by atoms with Crippen LogP contribution in [0.15, 0.2) is 59.6 Å². The average Bonchev–Trinajstić information content (AvgIpc) is 2.66. The summed E-state index contributed by atoms with van der Waals surface area (Å²) in [5, 5.41) is 6.57. The molecule has 0 aromatic heterocycles. The van der Waals surface area contributed by atoms with Crippen LogP contribution in [0.3, 0.4) is 0 Å². The highest BCUT2D eigenvalue weighted by Crippen LogP contribution is 2.06. The molecule has 0 atom stereocenters. The first kappa shape index (κ1) is 22.0. The van der Waals surface area contributed by atoms with Crippen molar-refractivity contribution in [3.05, 3.63) is 71.3 Å². The number of rotatable bonds is 7. The largest absolute Gasteiger partial charge is 0.462 e. The fourth-order valence-electron chi connectivity index (χ4n) is 2.35. The predicted octanol–water partition coefficient (Wildman–Crippen LogP) is 3.39. The molecule has 2 rings (SSSR count). The van der Waals surface area contributed by atoms with Gasteiger partial charge in [-0.05, 0) is 36.6 Å². The normalized spacial score (nSPS) is 10.6. The van der Waals surface area contributed by atoms with Crippen LogP contribution in [-0.2, 0) is 17.7 Å². The SMILES string of the molecule is CCOC(=O)c1ccc(CNC(=NC)NCCc2ccccc2)cc1.I. The Morgan fingerprint density at radius 1 is 1.00 bits per heavy atom. The number of nitrogens with zero attached hydrogens (tertiary/aromatic N) is 1. The number of hydrogen-bond donors (Lipinski definition) is 2. The Hall–Kier alpha value is -2.09. The molecule has 5 nitrogen and oxygen atoms in total. The van der Waals surface area contributed by atoms with Gasteiger partial charge in [0.05, 0.1) is 12.2 Å². The van der Waals surface area contributed by atoms with Crippen LogP contribution in [-0.4, -0.2) is 32.1 Å². The molecule has 0 bridgehead atoms. The average molecular weight is 467 g/mol. The molecule has 0 aliphatic rings. The van der Waals surface area contributed by atoms with Gasteiger partial charge in [0.2, 0.25) is 0 Å². The third-order valence-corrected chi connectivity index (χ3v) is 3.70. The molecule has 6 heteroatoms. The van der Waals surface area contributed by atoms with E-state index in [0.29, 0.717) is 18.7 Å². The summed E-state index contributed by atoms with van der Waals surface area (Å²) in [6.45, 7) is 3.62. The van der Waals surface area contributed by atoms with Gasteiger partial charge < -0.3 is 15.4 Å². The van der Waals surface area contributed by atoms with Gasteiger partial charge in [-0.3, -0.25) is 4.99 Å². The number of benzene rings is 2. The van der Waals surface area contributed by atoms with E-state index in [9.17, 15) is 4.79 Å². The van der Waals surface area contributed by atoms with Crippen molar-refractivity contribution < 1.29 is 9.53 Å². The van der Waals surface area contributed by atoms with Crippen molar-refractivity contribution in [2.24, 2.45) is 4.99 Å². The van der Waals surface area contributed by atoms with Crippen molar-refractivity contribution in [3.63, 3.8) is 0 Å². The van der Waals surface area contributed by atoms with Gasteiger partial charge in [0.15, 0.2) is 5.96 Å². The number of aliphatic imine (C=N–C) groups is 1. The summed E-state index contributed by atoms with van der Waals surface area (Å²) in [5.74, 6) is 0.464. The standard InChI is InChI=1S/C20H25N3O2.HI/c1-3-25-19(24)18-11-9-17(10-12-18)15-23-20(21-2)22-14-13-16-7-5-4-6-8-16;/h4-12H,3,13-15H2,1-2H3,(H2,21,22,23);1H. The van der Waals surface area contributed by atoms with E-state index in [1.807, 2.05) is 30.3 Å². The highest BCUT2D eigenvalue weighted by atomic mass is 127. The fourth-order valence-corrected chi connectivity index (χ4v) is 2.35. The van der Waals surface area contributed by atoms with Crippen LogP contribution >= 0.6 is 24.0 Å². The minimum absolute atomic E-state index is 0. The first-order valence-electron chi connectivity index (χ1n) is 8.47. The Morgan fingerprint density at radius 2 is 1.69 bits per heavy atom. The number of hydrogen-bond acceptors (Lipinski definition) is 3. The summed E-state index contributed by atoms with van der Waals surface area (Å²) < 4.78 is 4.98. The molecule has 2 N–H and O–H groups in total. The topological polar surface area (TPSA) is 62.7 Å². The van der Waals surface area contributed by atoms with Gasteiger partial charge in [-0.2, -0.15) is 0 Å². The number of ether oxygens (including phenoxy) is 1. The lowest BCUT2D eigenvalue weighted by atomic mass is 10.1. The molecule has 0 saturated heterocycles. The maximum absolute atomic E-state index is 11.6. The minimum Gasteiger partial charge on any atom is -0.462 e. The van der Waals surface area contributed by atoms with E-state index in [1.165, 1.54) is 5.56 Å². The summed E-state index contributed by atoms with van der Waals surface area (Å²) in [4.78, 5) is 15.9. The third kappa shape index (κ3) is 7.43. The molecular formula is C20H26IN3O2. The summed E-state index contributed by atoms with van der Waals surface area (Å²) in [7, 11) is 1.75. The Bertz CT molecular complexity index is 688. The lowest BCUT2D eigenvalue weighted by Crippen LogP contribution is -2.37. The Morgan fingerprint density at radius 3 is 2.31 bits per heavy atom. The predicted molar refractivity (Wildman–Crippen MR) is 116 cm³/mol. The smallest absolute Gasteiger partial charge is 0.338 e. The maximum atomic E-state index is 11.6. The molecule has 0 heterocycles. The van der Waals surface area contributed by atoms with Crippen LogP contribution in [0.1, 0.15) is 28.4 Å². The zero-order valence-electron chi connectivity index (χ0n) is 15.2. The van der Waals surface area contributed by atoms with Crippen molar-refractivity contribution in [2.45, 2.75) is 19.9 Å². The van der Waals surface area contributed by atoms with Crippen LogP contribution in [0.4, 0.5) is 0 Å². The molecule has 0 fully saturated rings. The summed E-state index contributed by atoms with van der Waals surface area (Å²) >= 11 is 0. The van der Waals surface area contributed by atoms with Gasteiger partial charge >= 0.3 is 5.97 Å². The molecule has 2 aromatic carbocycles. The highest BCUT2D eigenvalue weighted by Gasteiger charge is 2.05. The maximum Gasteiger partial charge on any atom is 0.338 e. The molecule has 26 heavy (non-hydrogen) atoms. The highest BCUT2D eigenvalue weighted by molar-refractivity contribution is 14.0. The van der Waals surface area contributed by atoms with Gasteiger partial charge in [-0.25, -0.2) is 4.79 Å². The van der Waals surface area contributed by atoms with Crippen molar-refractivity contribution >= 4 is 35.9 Å². The lowest BCUT2D eigenvalue weighted by molar-refractivity contribution is 0.0526. The van der Waals surface area contributed by atoms with E-state index >= 15 is 0 Å². The quantitative estimate of drug-likeness (QED) is 0.284. The van der Waals surface area contributed by atoms with E-state index in [1.54, 1.807) is 26.1 Å². The van der Waals surface area contributed by atoms with E-state index in [4.69, 9.17) is 4.74 Å². The van der Waals surface area contributed by atoms with Crippen LogP contribution in [0.25, 0.3) is 0 Å². The van der Waals surface area contributed by atoms with Crippen LogP contribution < -0.4 is 10.6 Å². The number of guanidine groups is 1. The van der Waals surface area contributed by atoms with Gasteiger partial charge in [0.1, 0.15) is 0 Å². The summed E-state index contributed by atoms with van der Waals surface area (Å²) in [5.41, 5.74) is 2.93. The zero-order chi connectivity index (χ0) is 17.9. The number of esters is 1. The Labute approximate surface area is 172 Å². The first-order chi connectivity index (χ1) is 12.2. The van der Waals surface area contributed by atoms with Crippen molar-refractivity contribution in [1.82, 2.24) is 10.6 Å². The van der Waals surface area contributed by atoms with Crippen LogP contribution in [0.2, 0.25) is 0 Å². The van der Waals surface area contributed by atoms with Gasteiger partial charge in [-0.15, -0.1) is 24.0 Å². The molecule has 0 spiro atoms. The van der Waals surface area contributed by atoms with Gasteiger partial charge in [0, 0.05) is 20.1 Å². The second-order valence-electron chi connectivity index (χ2n) is 5.51. The molecule has 140 valence electrons. The molecule has 0 unspecified atom stereocenters. The summed E-state index contributed by atoms with van der Waals surface area (Å²) in [6, 6.07) is 17.7. The second-order valence-corrected chi connectivity index (χ2v) is 5.51. The molecule has 0 amide bonds. The Kier molecular flexibility index (Phi) is 10.4. The molecule has 0 aliphatic heterocycles. The minimum atomic E-state index is -0.291. The second kappa shape index (κ2) is 12.3. The van der Waals surface area contributed by atoms with Crippen molar-refractivity contribution in [2.75, 3.05) is 20.2 Å². The number of nitrogens with one attached hydrogen (secondary N) is 2. The van der Waals surface area contributed by atoms with E-state index in [2.05, 4.69) is 27.8 Å². The van der Waals surface area contributed by atoms with Crippen LogP contribution in [0.5, 0.6) is 0 Å². The van der Waals surface area contributed by atoms with Crippen LogP contribution in [0, 0.1) is 0 Å². The lowest BCUT2D eigenvalue weighted by Gasteiger charge is -2.12. The first-order valence-corrected chi connectivity index (χ1v) is 8.47. The van der Waals surface area contributed by atoms with Crippen molar-refractivity contribution in [3.8, 4) is 0 Å². The zero-order valence-corrected chi connectivity index (χ0v) is 17.5. The molecule has 0 aliphatic carbocycles. The fraction of sp³-hybridized carbons (Fsp3) is 0.300. The van der Waals surface area contributed by atoms with E-state index in [0.717, 1.165) is 24.5 Å². The van der Waals surface area contributed by atoms with Gasteiger partial charge in [-0.1, -0.05) is 42.5 Å². The van der Waals surface area contributed by atoms with E-state index < -0.39 is 0 Å². The number of carbonyl (C=O) groups is 1. The van der Waals surface area contributed by atoms with Crippen molar-refractivity contribution in [1.29, 1.82) is 0 Å². The summed E-state index contributed by atoms with van der Waals surface area (Å²) in [6.07, 6.45) is 0.940. The monoisotopic (exact) mass is 467 g/mol.